The van der Waals surface area contributed by atoms with E-state index in [-0.39, 0.29) is 26.4 Å². The van der Waals surface area contributed by atoms with Crippen LogP contribution in [0.2, 0.25) is 0 Å². The molecule has 0 amide bonds. The lowest BCUT2D eigenvalue weighted by molar-refractivity contribution is -0.139. The van der Waals surface area contributed by atoms with E-state index in [0.717, 1.165) is 51.0 Å². The summed E-state index contributed by atoms with van der Waals surface area (Å²) in [5.74, 6) is 1.01. The van der Waals surface area contributed by atoms with Crippen LogP contribution >= 0.6 is 0 Å². The first-order valence-corrected chi connectivity index (χ1v) is 18.6. The molecule has 298 valence electrons. The molecule has 6 aromatic carbocycles. The first kappa shape index (κ1) is 42.6. The van der Waals surface area contributed by atoms with E-state index in [2.05, 4.69) is 47.5 Å². The number of esters is 1. The van der Waals surface area contributed by atoms with Crippen LogP contribution in [0.1, 0.15) is 18.1 Å². The highest BCUT2D eigenvalue weighted by molar-refractivity contribution is 5.86. The van der Waals surface area contributed by atoms with Gasteiger partial charge in [-0.3, -0.25) is 0 Å². The van der Waals surface area contributed by atoms with Gasteiger partial charge in [-0.2, -0.15) is 40.9 Å². The Hall–Kier alpha value is -7.51. The van der Waals surface area contributed by atoms with Crippen LogP contribution in [0.25, 0.3) is 0 Å². The number of azo groups is 4. The first-order chi connectivity index (χ1) is 28.7. The molecule has 0 heterocycles. The molecular formula is C46H44N8O5. The van der Waals surface area contributed by atoms with Gasteiger partial charge in [0.05, 0.1) is 52.1 Å². The predicted molar refractivity (Wildman–Crippen MR) is 229 cm³/mol. The zero-order valence-electron chi connectivity index (χ0n) is 33.0. The van der Waals surface area contributed by atoms with Crippen LogP contribution in [0.5, 0.6) is 11.5 Å². The van der Waals surface area contributed by atoms with Crippen molar-refractivity contribution in [1.29, 1.82) is 0 Å². The molecule has 13 heteroatoms. The third kappa shape index (κ3) is 14.8. The van der Waals surface area contributed by atoms with Gasteiger partial charge in [0.15, 0.2) is 0 Å². The Morgan fingerprint density at radius 3 is 1.14 bits per heavy atom. The SMILES string of the molecule is C=C(C)C(=O)OCCOc1ccc(N=Nc2ccc(N=Nc3ccccc3)cc2)cc1C.Cc1cc(N=Nc2ccc(N=Nc3ccccc3)cc2)ccc1OCCO. The van der Waals surface area contributed by atoms with Gasteiger partial charge in [-0.15, -0.1) is 0 Å². The Labute approximate surface area is 343 Å². The quantitative estimate of drug-likeness (QED) is 0.0445. The van der Waals surface area contributed by atoms with Gasteiger partial charge in [0.25, 0.3) is 0 Å². The lowest BCUT2D eigenvalue weighted by Gasteiger charge is -2.10. The second-order valence-electron chi connectivity index (χ2n) is 12.7. The normalized spacial score (nSPS) is 11.2. The number of hydrogen-bond acceptors (Lipinski definition) is 13. The summed E-state index contributed by atoms with van der Waals surface area (Å²) < 4.78 is 16.1. The molecule has 0 unspecified atom stereocenters. The lowest BCUT2D eigenvalue weighted by atomic mass is 10.2. The Morgan fingerprint density at radius 2 is 0.797 bits per heavy atom. The highest BCUT2D eigenvalue weighted by Crippen LogP contribution is 2.28. The van der Waals surface area contributed by atoms with E-state index in [1.165, 1.54) is 0 Å². The van der Waals surface area contributed by atoms with Crippen molar-refractivity contribution in [2.24, 2.45) is 40.9 Å². The number of hydrogen-bond donors (Lipinski definition) is 1. The van der Waals surface area contributed by atoms with Gasteiger partial charge in [0, 0.05) is 5.57 Å². The Bertz CT molecular complexity index is 2380. The van der Waals surface area contributed by atoms with Crippen molar-refractivity contribution in [2.75, 3.05) is 26.4 Å². The number of rotatable bonds is 16. The van der Waals surface area contributed by atoms with Gasteiger partial charge >= 0.3 is 5.97 Å². The average molecular weight is 789 g/mol. The third-order valence-electron chi connectivity index (χ3n) is 7.92. The van der Waals surface area contributed by atoms with E-state index in [9.17, 15) is 4.79 Å². The maximum absolute atomic E-state index is 11.4. The van der Waals surface area contributed by atoms with Gasteiger partial charge in [-0.05, 0) is 141 Å². The van der Waals surface area contributed by atoms with Gasteiger partial charge < -0.3 is 19.3 Å². The summed E-state index contributed by atoms with van der Waals surface area (Å²) in [5, 5.41) is 42.6. The lowest BCUT2D eigenvalue weighted by Crippen LogP contribution is -2.12. The number of benzene rings is 6. The fourth-order valence-electron chi connectivity index (χ4n) is 4.90. The molecule has 6 aromatic rings. The van der Waals surface area contributed by atoms with Crippen molar-refractivity contribution < 1.29 is 24.1 Å². The fraction of sp³-hybridized carbons (Fsp3) is 0.152. The number of carbonyl (C=O) groups is 1. The molecule has 6 rings (SSSR count). The topological polar surface area (TPSA) is 164 Å². The number of ether oxygens (including phenoxy) is 3. The van der Waals surface area contributed by atoms with E-state index in [4.69, 9.17) is 19.3 Å². The monoisotopic (exact) mass is 788 g/mol. The molecule has 0 atom stereocenters. The highest BCUT2D eigenvalue weighted by atomic mass is 16.6. The molecule has 0 fully saturated rings. The van der Waals surface area contributed by atoms with Gasteiger partial charge in [0.2, 0.25) is 0 Å². The Kier molecular flexibility index (Phi) is 16.5. The number of carbonyl (C=O) groups excluding carboxylic acids is 1. The van der Waals surface area contributed by atoms with Crippen LogP contribution in [-0.4, -0.2) is 37.5 Å². The highest BCUT2D eigenvalue weighted by Gasteiger charge is 2.05. The van der Waals surface area contributed by atoms with Crippen LogP contribution in [0.4, 0.5) is 45.5 Å². The second-order valence-corrected chi connectivity index (χ2v) is 12.7. The molecule has 0 radical (unpaired) electrons. The standard InChI is InChI=1S/C25H24N4O3.C21H20N4O2/c1-18(2)25(30)32-16-15-31-24-14-13-23(17-19(24)3)29-28-22-11-9-21(10-12-22)27-26-20-7-5-4-6-8-20;1-16-15-20(11-12-21(16)27-14-13-26)25-24-19-9-7-18(8-10-19)23-22-17-5-3-2-4-6-17/h4-14,17H,1,15-16H2,2-3H3;2-12,15,26H,13-14H2,1H3. The van der Waals surface area contributed by atoms with Crippen LogP contribution in [0, 0.1) is 13.8 Å². The minimum atomic E-state index is -0.423. The average Bonchev–Trinajstić information content (AvgIpc) is 3.26. The minimum absolute atomic E-state index is 0.0121. The summed E-state index contributed by atoms with van der Waals surface area (Å²) in [7, 11) is 0. The van der Waals surface area contributed by atoms with Crippen molar-refractivity contribution in [3.63, 3.8) is 0 Å². The molecular weight excluding hydrogens is 745 g/mol. The van der Waals surface area contributed by atoms with Crippen LogP contribution in [-0.2, 0) is 9.53 Å². The predicted octanol–water partition coefficient (Wildman–Crippen LogP) is 13.5. The zero-order chi connectivity index (χ0) is 41.7. The molecule has 0 aromatic heterocycles. The van der Waals surface area contributed by atoms with Crippen molar-refractivity contribution in [3.05, 3.63) is 169 Å². The van der Waals surface area contributed by atoms with Gasteiger partial charge in [-0.25, -0.2) is 4.79 Å². The molecule has 0 saturated carbocycles. The second kappa shape index (κ2) is 22.9. The van der Waals surface area contributed by atoms with Crippen molar-refractivity contribution in [2.45, 2.75) is 20.8 Å². The molecule has 59 heavy (non-hydrogen) atoms. The van der Waals surface area contributed by atoms with E-state index < -0.39 is 5.97 Å². The summed E-state index contributed by atoms with van der Waals surface area (Å²) in [6.45, 7) is 9.67. The molecule has 0 saturated heterocycles. The summed E-state index contributed by atoms with van der Waals surface area (Å²) in [6.07, 6.45) is 0. The summed E-state index contributed by atoms with van der Waals surface area (Å²) in [5.41, 5.74) is 8.18. The Morgan fingerprint density at radius 1 is 0.475 bits per heavy atom. The van der Waals surface area contributed by atoms with Crippen LogP contribution in [0.15, 0.2) is 199 Å². The van der Waals surface area contributed by atoms with Crippen molar-refractivity contribution in [1.82, 2.24) is 0 Å². The maximum atomic E-state index is 11.4. The molecule has 0 bridgehead atoms. The Balaban J connectivity index is 0.000000227. The first-order valence-electron chi connectivity index (χ1n) is 18.6. The summed E-state index contributed by atoms with van der Waals surface area (Å²) in [4.78, 5) is 11.4. The van der Waals surface area contributed by atoms with Crippen molar-refractivity contribution in [3.8, 4) is 11.5 Å². The third-order valence-corrected chi connectivity index (χ3v) is 7.92. The molecule has 0 aliphatic carbocycles. The number of aliphatic hydroxyl groups excluding tert-OH is 1. The van der Waals surface area contributed by atoms with E-state index in [1.807, 2.05) is 159 Å². The van der Waals surface area contributed by atoms with E-state index in [1.54, 1.807) is 6.92 Å². The minimum Gasteiger partial charge on any atom is -0.491 e. The number of aliphatic hydroxyl groups is 1. The van der Waals surface area contributed by atoms with E-state index >= 15 is 0 Å². The van der Waals surface area contributed by atoms with E-state index in [0.29, 0.717) is 22.7 Å². The molecule has 1 N–H and O–H groups in total. The molecule has 13 nitrogen and oxygen atoms in total. The number of nitrogens with zero attached hydrogens (tertiary/aromatic N) is 8. The molecule has 0 spiro atoms. The maximum Gasteiger partial charge on any atom is 0.333 e. The van der Waals surface area contributed by atoms with Crippen LogP contribution in [0.3, 0.4) is 0 Å². The smallest absolute Gasteiger partial charge is 0.333 e. The van der Waals surface area contributed by atoms with Crippen molar-refractivity contribution >= 4 is 51.5 Å². The largest absolute Gasteiger partial charge is 0.491 e. The molecule has 0 aliphatic heterocycles. The van der Waals surface area contributed by atoms with Crippen LogP contribution < -0.4 is 9.47 Å². The fourth-order valence-corrected chi connectivity index (χ4v) is 4.90. The molecule has 0 aliphatic rings. The zero-order valence-corrected chi connectivity index (χ0v) is 33.0. The summed E-state index contributed by atoms with van der Waals surface area (Å²) >= 11 is 0. The van der Waals surface area contributed by atoms with Gasteiger partial charge in [0.1, 0.15) is 31.3 Å². The summed E-state index contributed by atoms with van der Waals surface area (Å²) in [6, 6.07) is 44.9. The van der Waals surface area contributed by atoms with Gasteiger partial charge in [-0.1, -0.05) is 43.0 Å². The number of aryl methyl sites for hydroxylation is 2.